The van der Waals surface area contributed by atoms with Crippen molar-refractivity contribution < 1.29 is 0 Å². The van der Waals surface area contributed by atoms with Crippen molar-refractivity contribution in [3.05, 3.63) is 36.4 Å². The molecule has 0 unspecified atom stereocenters. The highest BCUT2D eigenvalue weighted by molar-refractivity contribution is 6.04. The number of likely N-dealkylation sites (tertiary alicyclic amines) is 2. The summed E-state index contributed by atoms with van der Waals surface area (Å²) in [7, 11) is 4.45. The minimum Gasteiger partial charge on any atom is -0.343 e. The van der Waals surface area contributed by atoms with E-state index in [1.807, 2.05) is 0 Å². The molecule has 2 aromatic rings. The van der Waals surface area contributed by atoms with E-state index in [4.69, 9.17) is 9.98 Å². The second-order valence-corrected chi connectivity index (χ2v) is 12.2. The molecule has 4 saturated heterocycles. The van der Waals surface area contributed by atoms with Gasteiger partial charge in [0.05, 0.1) is 11.4 Å². The first-order chi connectivity index (χ1) is 19.7. The minimum atomic E-state index is 1.02. The molecule has 8 heteroatoms. The summed E-state index contributed by atoms with van der Waals surface area (Å²) in [4.78, 5) is 26.0. The van der Waals surface area contributed by atoms with Gasteiger partial charge in [0.1, 0.15) is 0 Å². The molecule has 0 amide bonds. The molecular formula is C32H48N8. The Morgan fingerprint density at radius 1 is 0.475 bits per heavy atom. The van der Waals surface area contributed by atoms with Crippen LogP contribution in [0.25, 0.3) is 10.8 Å². The Kier molecular flexibility index (Phi) is 8.73. The van der Waals surface area contributed by atoms with Gasteiger partial charge >= 0.3 is 0 Å². The second kappa shape index (κ2) is 12.8. The predicted molar refractivity (Wildman–Crippen MR) is 167 cm³/mol. The van der Waals surface area contributed by atoms with E-state index in [1.165, 1.54) is 55.3 Å². The zero-order chi connectivity index (χ0) is 27.3. The first-order valence-electron chi connectivity index (χ1n) is 15.7. The summed E-state index contributed by atoms with van der Waals surface area (Å²) in [5, 5.41) is 2.40. The third kappa shape index (κ3) is 6.23. The van der Waals surface area contributed by atoms with Gasteiger partial charge in [-0.3, -0.25) is 0 Å². The number of fused-ring (bicyclic) bond motifs is 1. The number of piperidine rings is 2. The molecular weight excluding hydrogens is 496 g/mol. The molecule has 8 nitrogen and oxygen atoms in total. The quantitative estimate of drug-likeness (QED) is 0.416. The summed E-state index contributed by atoms with van der Waals surface area (Å²) < 4.78 is 0. The molecule has 6 rings (SSSR count). The third-order valence-corrected chi connectivity index (χ3v) is 9.15. The monoisotopic (exact) mass is 544 g/mol. The van der Waals surface area contributed by atoms with Gasteiger partial charge in [-0.25, -0.2) is 9.98 Å². The van der Waals surface area contributed by atoms with E-state index in [2.05, 4.69) is 79.9 Å². The Morgan fingerprint density at radius 2 is 0.850 bits per heavy atom. The topological polar surface area (TPSA) is 44.2 Å². The number of hydrogen-bond acceptors (Lipinski definition) is 4. The molecule has 0 aliphatic carbocycles. The van der Waals surface area contributed by atoms with Gasteiger partial charge in [0.2, 0.25) is 11.9 Å². The fourth-order valence-corrected chi connectivity index (χ4v) is 6.59. The SMILES string of the molecule is CN1CCN(C(=Nc2cccc3cccc(N=C(N4CCCCC4)N4CCCCC4)c23)N2CCN(C)CC2)CC1. The number of piperazine rings is 2. The van der Waals surface area contributed by atoms with Crippen molar-refractivity contribution >= 4 is 34.1 Å². The van der Waals surface area contributed by atoms with Crippen LogP contribution in [0.5, 0.6) is 0 Å². The van der Waals surface area contributed by atoms with E-state index in [9.17, 15) is 0 Å². The highest BCUT2D eigenvalue weighted by Crippen LogP contribution is 2.36. The molecule has 0 N–H and O–H groups in total. The Balaban J connectivity index is 1.43. The maximum Gasteiger partial charge on any atom is 0.202 e. The Labute approximate surface area is 240 Å². The standard InChI is InChI=1S/C32H48N8/c1-35-19-23-39(24-20-35)32(40-25-21-36(2)22-26-40)34-29-14-10-12-27-11-9-13-28(30(27)29)33-31(37-15-5-3-6-16-37)38-17-7-4-8-18-38/h9-14H,3-8,15-26H2,1-2H3. The highest BCUT2D eigenvalue weighted by Gasteiger charge is 2.26. The normalized spacial score (nSPS) is 21.6. The minimum absolute atomic E-state index is 1.02. The zero-order valence-electron chi connectivity index (χ0n) is 24.8. The van der Waals surface area contributed by atoms with Crippen LogP contribution in [0.1, 0.15) is 38.5 Å². The van der Waals surface area contributed by atoms with E-state index in [1.54, 1.807) is 0 Å². The predicted octanol–water partition coefficient (Wildman–Crippen LogP) is 4.28. The summed E-state index contributed by atoms with van der Waals surface area (Å²) in [6.45, 7) is 12.8. The summed E-state index contributed by atoms with van der Waals surface area (Å²) >= 11 is 0. The van der Waals surface area contributed by atoms with Crippen molar-refractivity contribution in [2.24, 2.45) is 9.98 Å². The Hall–Kier alpha value is -2.84. The first-order valence-corrected chi connectivity index (χ1v) is 15.7. The zero-order valence-corrected chi connectivity index (χ0v) is 24.8. The van der Waals surface area contributed by atoms with Crippen LogP contribution in [0.15, 0.2) is 46.4 Å². The van der Waals surface area contributed by atoms with E-state index in [0.29, 0.717) is 0 Å². The molecule has 0 atom stereocenters. The lowest BCUT2D eigenvalue weighted by Gasteiger charge is -2.42. The van der Waals surface area contributed by atoms with Gasteiger partial charge in [-0.1, -0.05) is 24.3 Å². The van der Waals surface area contributed by atoms with Crippen molar-refractivity contribution in [1.82, 2.24) is 29.4 Å². The molecule has 4 heterocycles. The molecule has 0 spiro atoms. The largest absolute Gasteiger partial charge is 0.343 e. The van der Waals surface area contributed by atoms with Crippen LogP contribution in [0, 0.1) is 0 Å². The van der Waals surface area contributed by atoms with Gasteiger partial charge in [-0.2, -0.15) is 0 Å². The van der Waals surface area contributed by atoms with Crippen LogP contribution in [0.4, 0.5) is 11.4 Å². The summed E-state index contributed by atoms with van der Waals surface area (Å²) in [5.74, 6) is 2.32. The number of benzene rings is 2. The number of aliphatic imine (C=N–C) groups is 2. The van der Waals surface area contributed by atoms with Crippen LogP contribution >= 0.6 is 0 Å². The van der Waals surface area contributed by atoms with Gasteiger partial charge in [-0.05, 0) is 70.1 Å². The molecule has 4 aliphatic heterocycles. The van der Waals surface area contributed by atoms with E-state index < -0.39 is 0 Å². The van der Waals surface area contributed by atoms with Gasteiger partial charge in [-0.15, -0.1) is 0 Å². The molecule has 0 radical (unpaired) electrons. The molecule has 216 valence electrons. The summed E-state index contributed by atoms with van der Waals surface area (Å²) in [6.07, 6.45) is 7.71. The average Bonchev–Trinajstić information content (AvgIpc) is 3.00. The first kappa shape index (κ1) is 27.3. The highest BCUT2D eigenvalue weighted by atomic mass is 15.4. The van der Waals surface area contributed by atoms with Crippen molar-refractivity contribution in [3.8, 4) is 0 Å². The lowest BCUT2D eigenvalue weighted by Crippen LogP contribution is -2.56. The van der Waals surface area contributed by atoms with Crippen LogP contribution < -0.4 is 0 Å². The smallest absolute Gasteiger partial charge is 0.202 e. The third-order valence-electron chi connectivity index (χ3n) is 9.15. The molecule has 2 aromatic carbocycles. The molecule has 4 fully saturated rings. The number of likely N-dealkylation sites (N-methyl/N-ethyl adjacent to an activating group) is 2. The van der Waals surface area contributed by atoms with Gasteiger partial charge in [0.25, 0.3) is 0 Å². The Bertz CT molecular complexity index is 1130. The fourth-order valence-electron chi connectivity index (χ4n) is 6.59. The van der Waals surface area contributed by atoms with Crippen molar-refractivity contribution in [2.45, 2.75) is 38.5 Å². The van der Waals surface area contributed by atoms with Crippen molar-refractivity contribution in [1.29, 1.82) is 0 Å². The molecule has 0 bridgehead atoms. The molecule has 0 saturated carbocycles. The van der Waals surface area contributed by atoms with E-state index in [0.717, 1.165) is 95.9 Å². The number of rotatable bonds is 2. The van der Waals surface area contributed by atoms with Crippen LogP contribution in [-0.2, 0) is 0 Å². The fraction of sp³-hybridized carbons (Fsp3) is 0.625. The van der Waals surface area contributed by atoms with Gasteiger partial charge in [0.15, 0.2) is 0 Å². The molecule has 40 heavy (non-hydrogen) atoms. The summed E-state index contributed by atoms with van der Waals surface area (Å²) in [6, 6.07) is 13.2. The molecule has 4 aliphatic rings. The van der Waals surface area contributed by atoms with Crippen LogP contribution in [0.3, 0.4) is 0 Å². The maximum absolute atomic E-state index is 5.51. The maximum atomic E-state index is 5.51. The number of guanidine groups is 2. The molecule has 0 aromatic heterocycles. The van der Waals surface area contributed by atoms with Crippen LogP contribution in [-0.4, -0.2) is 134 Å². The number of nitrogens with zero attached hydrogens (tertiary/aromatic N) is 8. The Morgan fingerprint density at radius 3 is 1.25 bits per heavy atom. The van der Waals surface area contributed by atoms with Gasteiger partial charge < -0.3 is 29.4 Å². The lowest BCUT2D eigenvalue weighted by atomic mass is 10.1. The lowest BCUT2D eigenvalue weighted by molar-refractivity contribution is 0.168. The second-order valence-electron chi connectivity index (χ2n) is 12.2. The average molecular weight is 545 g/mol. The van der Waals surface area contributed by atoms with Crippen molar-refractivity contribution in [2.75, 3.05) is 92.6 Å². The van der Waals surface area contributed by atoms with Crippen molar-refractivity contribution in [3.63, 3.8) is 0 Å². The number of hydrogen-bond donors (Lipinski definition) is 0. The van der Waals surface area contributed by atoms with Gasteiger partial charge in [0, 0.05) is 83.9 Å². The summed E-state index contributed by atoms with van der Waals surface area (Å²) in [5.41, 5.74) is 2.10. The van der Waals surface area contributed by atoms with E-state index >= 15 is 0 Å². The van der Waals surface area contributed by atoms with Crippen LogP contribution in [0.2, 0.25) is 0 Å². The van der Waals surface area contributed by atoms with E-state index in [-0.39, 0.29) is 0 Å².